The summed E-state index contributed by atoms with van der Waals surface area (Å²) in [5, 5.41) is 10.5. The second-order valence-corrected chi connectivity index (χ2v) is 9.67. The molecule has 2 heterocycles. The van der Waals surface area contributed by atoms with Gasteiger partial charge in [-0.1, -0.05) is 23.8 Å². The summed E-state index contributed by atoms with van der Waals surface area (Å²) in [7, 11) is -3.57. The molecule has 1 aliphatic heterocycles. The van der Waals surface area contributed by atoms with Crippen molar-refractivity contribution in [1.82, 2.24) is 14.5 Å². The molecule has 0 unspecified atom stereocenters. The van der Waals surface area contributed by atoms with E-state index in [9.17, 15) is 13.2 Å². The number of hydrogen-bond donors (Lipinski definition) is 1. The number of carbonyl (C=O) groups is 1. The van der Waals surface area contributed by atoms with Crippen LogP contribution in [0, 0.1) is 19.8 Å². The van der Waals surface area contributed by atoms with Crippen molar-refractivity contribution in [3.8, 4) is 11.5 Å². The number of nitrogens with one attached hydrogen (secondary N) is 1. The lowest BCUT2D eigenvalue weighted by Crippen LogP contribution is -2.41. The first kappa shape index (κ1) is 21.2. The number of anilines is 1. The quantitative estimate of drug-likeness (QED) is 0.652. The van der Waals surface area contributed by atoms with Crippen molar-refractivity contribution in [2.24, 2.45) is 5.92 Å². The van der Waals surface area contributed by atoms with Gasteiger partial charge in [0.05, 0.1) is 4.90 Å². The molecule has 8 nitrogen and oxygen atoms in total. The van der Waals surface area contributed by atoms with Gasteiger partial charge in [0.2, 0.25) is 28.2 Å². The molecule has 0 radical (unpaired) electrons. The lowest BCUT2D eigenvalue weighted by molar-refractivity contribution is -0.120. The summed E-state index contributed by atoms with van der Waals surface area (Å²) >= 11 is 0. The molecule has 2 aromatic carbocycles. The Morgan fingerprint density at radius 3 is 2.58 bits per heavy atom. The van der Waals surface area contributed by atoms with Gasteiger partial charge in [0.25, 0.3) is 0 Å². The fourth-order valence-corrected chi connectivity index (χ4v) is 5.53. The van der Waals surface area contributed by atoms with Gasteiger partial charge >= 0.3 is 0 Å². The molecule has 1 N–H and O–H groups in total. The molecule has 0 atom stereocenters. The second-order valence-electron chi connectivity index (χ2n) is 7.76. The van der Waals surface area contributed by atoms with Crippen molar-refractivity contribution in [1.29, 1.82) is 0 Å². The molecule has 9 heteroatoms. The molecule has 0 bridgehead atoms. The maximum atomic E-state index is 13.0. The smallest absolute Gasteiger partial charge is 0.247 e. The third-order valence-electron chi connectivity index (χ3n) is 5.51. The van der Waals surface area contributed by atoms with E-state index in [2.05, 4.69) is 15.5 Å². The van der Waals surface area contributed by atoms with Crippen molar-refractivity contribution in [2.75, 3.05) is 18.4 Å². The van der Waals surface area contributed by atoms with Crippen LogP contribution in [-0.2, 0) is 14.8 Å². The van der Waals surface area contributed by atoms with Gasteiger partial charge in [-0.2, -0.15) is 4.31 Å². The van der Waals surface area contributed by atoms with Gasteiger partial charge in [0.15, 0.2) is 0 Å². The molecular weight excluding hydrogens is 416 g/mol. The highest BCUT2D eigenvalue weighted by molar-refractivity contribution is 7.89. The molecule has 0 aliphatic carbocycles. The third kappa shape index (κ3) is 4.52. The summed E-state index contributed by atoms with van der Waals surface area (Å²) in [4.78, 5) is 13.1. The topological polar surface area (TPSA) is 105 Å². The number of hydrogen-bond acceptors (Lipinski definition) is 6. The van der Waals surface area contributed by atoms with E-state index < -0.39 is 10.0 Å². The van der Waals surface area contributed by atoms with Crippen molar-refractivity contribution >= 4 is 21.6 Å². The molecule has 1 fully saturated rings. The van der Waals surface area contributed by atoms with Gasteiger partial charge in [-0.25, -0.2) is 8.42 Å². The van der Waals surface area contributed by atoms with Crippen LogP contribution in [0.1, 0.15) is 24.0 Å². The van der Waals surface area contributed by atoms with Crippen molar-refractivity contribution < 1.29 is 17.6 Å². The number of sulfonamides is 1. The van der Waals surface area contributed by atoms with E-state index in [4.69, 9.17) is 4.42 Å². The number of aromatic nitrogens is 2. The fourth-order valence-electron chi connectivity index (χ4n) is 3.86. The SMILES string of the molecule is Cc1ccc(S(=O)(=O)N2CCC(C(=O)Nc3cccc(-c4nnco4)c3)CC2)c(C)c1. The fraction of sp³-hybridized carbons (Fsp3) is 0.318. The highest BCUT2D eigenvalue weighted by Crippen LogP contribution is 2.27. The number of nitrogens with zero attached hydrogens (tertiary/aromatic N) is 3. The van der Waals surface area contributed by atoms with Crippen LogP contribution < -0.4 is 5.32 Å². The summed E-state index contributed by atoms with van der Waals surface area (Å²) in [6, 6.07) is 12.5. The van der Waals surface area contributed by atoms with E-state index in [1.54, 1.807) is 24.3 Å². The number of piperidine rings is 1. The Hall–Kier alpha value is -3.04. The molecule has 1 amide bonds. The molecule has 31 heavy (non-hydrogen) atoms. The summed E-state index contributed by atoms with van der Waals surface area (Å²) in [6.45, 7) is 4.37. The van der Waals surface area contributed by atoms with Crippen molar-refractivity contribution in [2.45, 2.75) is 31.6 Å². The van der Waals surface area contributed by atoms with Gasteiger partial charge in [-0.15, -0.1) is 10.2 Å². The Balaban J connectivity index is 1.40. The van der Waals surface area contributed by atoms with Crippen molar-refractivity contribution in [3.05, 3.63) is 60.0 Å². The van der Waals surface area contributed by atoms with Gasteiger partial charge < -0.3 is 9.73 Å². The Morgan fingerprint density at radius 1 is 1.13 bits per heavy atom. The lowest BCUT2D eigenvalue weighted by Gasteiger charge is -2.31. The highest BCUT2D eigenvalue weighted by Gasteiger charge is 2.32. The van der Waals surface area contributed by atoms with E-state index >= 15 is 0 Å². The van der Waals surface area contributed by atoms with Crippen LogP contribution >= 0.6 is 0 Å². The third-order valence-corrected chi connectivity index (χ3v) is 7.57. The minimum absolute atomic E-state index is 0.119. The molecule has 1 aromatic heterocycles. The van der Waals surface area contributed by atoms with Gasteiger partial charge in [-0.05, 0) is 56.5 Å². The van der Waals surface area contributed by atoms with Crippen LogP contribution in [0.4, 0.5) is 5.69 Å². The van der Waals surface area contributed by atoms with Crippen LogP contribution in [0.2, 0.25) is 0 Å². The van der Waals surface area contributed by atoms with Crippen LogP contribution in [-0.4, -0.2) is 41.9 Å². The number of amides is 1. The molecular formula is C22H24N4O4S. The maximum absolute atomic E-state index is 13.0. The Morgan fingerprint density at radius 2 is 1.90 bits per heavy atom. The largest absolute Gasteiger partial charge is 0.423 e. The monoisotopic (exact) mass is 440 g/mol. The molecule has 1 saturated heterocycles. The molecule has 0 spiro atoms. The zero-order valence-corrected chi connectivity index (χ0v) is 18.2. The van der Waals surface area contributed by atoms with Gasteiger partial charge in [0, 0.05) is 30.3 Å². The lowest BCUT2D eigenvalue weighted by atomic mass is 9.97. The highest BCUT2D eigenvalue weighted by atomic mass is 32.2. The molecule has 0 saturated carbocycles. The van der Waals surface area contributed by atoms with E-state index in [-0.39, 0.29) is 11.8 Å². The van der Waals surface area contributed by atoms with E-state index in [1.165, 1.54) is 10.7 Å². The predicted octanol–water partition coefficient (Wildman–Crippen LogP) is 3.39. The second kappa shape index (κ2) is 8.60. The normalized spacial score (nSPS) is 15.7. The summed E-state index contributed by atoms with van der Waals surface area (Å²) < 4.78 is 32.8. The first-order chi connectivity index (χ1) is 14.8. The van der Waals surface area contributed by atoms with Gasteiger partial charge in [0.1, 0.15) is 0 Å². The zero-order valence-electron chi connectivity index (χ0n) is 17.4. The average molecular weight is 441 g/mol. The standard InChI is InChI=1S/C22H24N4O4S/c1-15-6-7-20(16(2)12-15)31(28,29)26-10-8-17(9-11-26)21(27)24-19-5-3-4-18(13-19)22-25-23-14-30-22/h3-7,12-14,17H,8-11H2,1-2H3,(H,24,27). The molecule has 1 aliphatic rings. The predicted molar refractivity (Wildman–Crippen MR) is 116 cm³/mol. The number of aryl methyl sites for hydroxylation is 2. The Labute approximate surface area is 181 Å². The van der Waals surface area contributed by atoms with E-state index in [0.29, 0.717) is 48.0 Å². The van der Waals surface area contributed by atoms with Crippen LogP contribution in [0.15, 0.2) is 58.2 Å². The Bertz CT molecular complexity index is 1180. The average Bonchev–Trinajstić information content (AvgIpc) is 3.29. The molecule has 162 valence electrons. The Kier molecular flexibility index (Phi) is 5.88. The molecule has 3 aromatic rings. The number of carbonyl (C=O) groups excluding carboxylic acids is 1. The summed E-state index contributed by atoms with van der Waals surface area (Å²) in [5.41, 5.74) is 3.10. The van der Waals surface area contributed by atoms with Gasteiger partial charge in [-0.3, -0.25) is 4.79 Å². The summed E-state index contributed by atoms with van der Waals surface area (Å²) in [5.74, 6) is 0.00452. The minimum Gasteiger partial charge on any atom is -0.423 e. The van der Waals surface area contributed by atoms with E-state index in [1.807, 2.05) is 32.0 Å². The van der Waals surface area contributed by atoms with Crippen molar-refractivity contribution in [3.63, 3.8) is 0 Å². The minimum atomic E-state index is -3.57. The summed E-state index contributed by atoms with van der Waals surface area (Å²) in [6.07, 6.45) is 2.19. The maximum Gasteiger partial charge on any atom is 0.247 e. The molecule has 4 rings (SSSR count). The van der Waals surface area contributed by atoms with Crippen LogP contribution in [0.25, 0.3) is 11.5 Å². The van der Waals surface area contributed by atoms with Crippen LogP contribution in [0.5, 0.6) is 0 Å². The first-order valence-electron chi connectivity index (χ1n) is 10.1. The first-order valence-corrected chi connectivity index (χ1v) is 11.5. The zero-order chi connectivity index (χ0) is 22.0. The van der Waals surface area contributed by atoms with E-state index in [0.717, 1.165) is 11.1 Å². The number of benzene rings is 2. The number of rotatable bonds is 5. The van der Waals surface area contributed by atoms with Crippen LogP contribution in [0.3, 0.4) is 0 Å².